The van der Waals surface area contributed by atoms with Gasteiger partial charge in [0.05, 0.1) is 0 Å². The zero-order chi connectivity index (χ0) is 35.3. The lowest BCUT2D eigenvalue weighted by atomic mass is 9.84. The van der Waals surface area contributed by atoms with Crippen molar-refractivity contribution in [3.05, 3.63) is 182 Å². The Morgan fingerprint density at radius 3 is 1.70 bits per heavy atom. The molecule has 250 valence electrons. The molecule has 54 heavy (non-hydrogen) atoms. The lowest BCUT2D eigenvalue weighted by Crippen LogP contribution is -1.92. The van der Waals surface area contributed by atoms with Crippen molar-refractivity contribution in [2.75, 3.05) is 0 Å². The molecule has 12 rings (SSSR count). The van der Waals surface area contributed by atoms with Crippen LogP contribution in [0.1, 0.15) is 0 Å². The number of rotatable bonds is 3. The summed E-state index contributed by atoms with van der Waals surface area (Å²) >= 11 is 1.86. The molecule has 0 aliphatic carbocycles. The van der Waals surface area contributed by atoms with E-state index in [0.717, 1.165) is 16.6 Å². The van der Waals surface area contributed by atoms with Crippen LogP contribution in [0.5, 0.6) is 0 Å². The maximum absolute atomic E-state index is 6.56. The molecule has 0 N–H and O–H groups in total. The fraction of sp³-hybridized carbons (Fsp3) is 0. The second kappa shape index (κ2) is 11.4. The first-order chi connectivity index (χ1) is 26.8. The Balaban J connectivity index is 1.05. The quantitative estimate of drug-likeness (QED) is 0.167. The number of fused-ring (bicyclic) bond motifs is 12. The summed E-state index contributed by atoms with van der Waals surface area (Å²) in [4.78, 5) is 0. The lowest BCUT2D eigenvalue weighted by molar-refractivity contribution is 0.673. The van der Waals surface area contributed by atoms with E-state index in [2.05, 4.69) is 182 Å². The third kappa shape index (κ3) is 4.26. The highest BCUT2D eigenvalue weighted by Crippen LogP contribution is 2.47. The standard InChI is InChI=1S/C52H30OS/c1-3-16-36-31(11-1)13-10-22-38(36)49-41-20-7-5-18-39(41)48(40-19-6-8-21-42(40)49)35-15-9-14-33(29-35)34-24-25-43-47(30-34)54-46-28-27-45-50(51(43)46)44-26-23-32-12-2-4-17-37(32)52(44)53-45/h1-30H. The Bertz CT molecular complexity index is 3450. The summed E-state index contributed by atoms with van der Waals surface area (Å²) in [6.07, 6.45) is 0. The van der Waals surface area contributed by atoms with Gasteiger partial charge >= 0.3 is 0 Å². The van der Waals surface area contributed by atoms with Crippen molar-refractivity contribution >= 4 is 96.5 Å². The molecule has 0 fully saturated rings. The van der Waals surface area contributed by atoms with Gasteiger partial charge in [0, 0.05) is 36.3 Å². The van der Waals surface area contributed by atoms with Gasteiger partial charge in [0.1, 0.15) is 11.2 Å². The number of hydrogen-bond donors (Lipinski definition) is 0. The predicted octanol–water partition coefficient (Wildman–Crippen LogP) is 15.6. The molecule has 12 aromatic rings. The third-order valence-corrected chi connectivity index (χ3v) is 12.6. The average molecular weight is 703 g/mol. The van der Waals surface area contributed by atoms with E-state index < -0.39 is 0 Å². The maximum atomic E-state index is 6.56. The fourth-order valence-electron chi connectivity index (χ4n) is 9.07. The zero-order valence-electron chi connectivity index (χ0n) is 29.1. The Morgan fingerprint density at radius 2 is 0.926 bits per heavy atom. The molecule has 0 aliphatic heterocycles. The second-order valence-electron chi connectivity index (χ2n) is 14.3. The van der Waals surface area contributed by atoms with E-state index in [1.54, 1.807) is 0 Å². The van der Waals surface area contributed by atoms with E-state index in [0.29, 0.717) is 0 Å². The maximum Gasteiger partial charge on any atom is 0.143 e. The van der Waals surface area contributed by atoms with Crippen molar-refractivity contribution in [1.82, 2.24) is 0 Å². The van der Waals surface area contributed by atoms with Gasteiger partial charge in [-0.1, -0.05) is 152 Å². The molecule has 0 bridgehead atoms. The summed E-state index contributed by atoms with van der Waals surface area (Å²) in [6, 6.07) is 66.7. The van der Waals surface area contributed by atoms with E-state index in [1.165, 1.54) is 102 Å². The number of hydrogen-bond acceptors (Lipinski definition) is 2. The van der Waals surface area contributed by atoms with Gasteiger partial charge in [-0.05, 0) is 101 Å². The minimum Gasteiger partial charge on any atom is -0.455 e. The second-order valence-corrected chi connectivity index (χ2v) is 15.4. The fourth-order valence-corrected chi connectivity index (χ4v) is 10.2. The van der Waals surface area contributed by atoms with Crippen molar-refractivity contribution in [3.8, 4) is 33.4 Å². The minimum atomic E-state index is 0.941. The molecule has 0 saturated carbocycles. The highest BCUT2D eigenvalue weighted by atomic mass is 32.1. The molecule has 2 heteroatoms. The molecule has 10 aromatic carbocycles. The SMILES string of the molecule is c1cc(-c2ccc3c(c2)sc2ccc4oc5c6ccccc6ccc5c4c23)cc(-c2c3ccccc3c(-c3cccc4ccccc34)c3ccccc23)c1. The monoisotopic (exact) mass is 702 g/mol. The molecule has 0 unspecified atom stereocenters. The van der Waals surface area contributed by atoms with Crippen LogP contribution in [0, 0.1) is 0 Å². The van der Waals surface area contributed by atoms with Crippen molar-refractivity contribution in [1.29, 1.82) is 0 Å². The summed E-state index contributed by atoms with van der Waals surface area (Å²) in [5.41, 5.74) is 9.40. The summed E-state index contributed by atoms with van der Waals surface area (Å²) < 4.78 is 9.12. The number of furan rings is 1. The minimum absolute atomic E-state index is 0.941. The Kier molecular flexibility index (Phi) is 6.28. The molecular formula is C52H30OS. The van der Waals surface area contributed by atoms with Crippen LogP contribution in [0.15, 0.2) is 186 Å². The van der Waals surface area contributed by atoms with E-state index >= 15 is 0 Å². The van der Waals surface area contributed by atoms with Crippen LogP contribution >= 0.6 is 11.3 Å². The lowest BCUT2D eigenvalue weighted by Gasteiger charge is -2.19. The van der Waals surface area contributed by atoms with Gasteiger partial charge in [-0.15, -0.1) is 11.3 Å². The van der Waals surface area contributed by atoms with Crippen molar-refractivity contribution in [3.63, 3.8) is 0 Å². The molecule has 0 amide bonds. The van der Waals surface area contributed by atoms with Crippen LogP contribution in [0.2, 0.25) is 0 Å². The first-order valence-electron chi connectivity index (χ1n) is 18.5. The van der Waals surface area contributed by atoms with Crippen LogP contribution in [0.3, 0.4) is 0 Å². The van der Waals surface area contributed by atoms with E-state index in [-0.39, 0.29) is 0 Å². The first kappa shape index (κ1) is 29.8. The topological polar surface area (TPSA) is 13.1 Å². The van der Waals surface area contributed by atoms with E-state index in [9.17, 15) is 0 Å². The molecular weight excluding hydrogens is 673 g/mol. The third-order valence-electron chi connectivity index (χ3n) is 11.4. The Labute approximate surface area is 314 Å². The molecule has 1 nitrogen and oxygen atoms in total. The number of benzene rings is 10. The average Bonchev–Trinajstić information content (AvgIpc) is 3.81. The molecule has 0 atom stereocenters. The van der Waals surface area contributed by atoms with Gasteiger partial charge in [-0.3, -0.25) is 0 Å². The highest BCUT2D eigenvalue weighted by molar-refractivity contribution is 7.26. The van der Waals surface area contributed by atoms with Crippen LogP contribution in [0.4, 0.5) is 0 Å². The van der Waals surface area contributed by atoms with Gasteiger partial charge < -0.3 is 4.42 Å². The molecule has 2 aromatic heterocycles. The summed E-state index contributed by atoms with van der Waals surface area (Å²) in [6.45, 7) is 0. The molecule has 0 radical (unpaired) electrons. The van der Waals surface area contributed by atoms with Gasteiger partial charge in [-0.2, -0.15) is 0 Å². The smallest absolute Gasteiger partial charge is 0.143 e. The van der Waals surface area contributed by atoms with Crippen LogP contribution in [0.25, 0.3) is 119 Å². The van der Waals surface area contributed by atoms with E-state index in [4.69, 9.17) is 4.42 Å². The summed E-state index contributed by atoms with van der Waals surface area (Å²) in [7, 11) is 0. The molecule has 0 saturated heterocycles. The largest absolute Gasteiger partial charge is 0.455 e. The Morgan fingerprint density at radius 1 is 0.333 bits per heavy atom. The van der Waals surface area contributed by atoms with Gasteiger partial charge in [0.25, 0.3) is 0 Å². The predicted molar refractivity (Wildman–Crippen MR) is 233 cm³/mol. The van der Waals surface area contributed by atoms with Crippen molar-refractivity contribution < 1.29 is 4.42 Å². The molecule has 0 aliphatic rings. The first-order valence-corrected chi connectivity index (χ1v) is 19.3. The van der Waals surface area contributed by atoms with E-state index in [1.807, 2.05) is 11.3 Å². The Hall–Kier alpha value is -6.74. The number of thiophene rings is 1. The zero-order valence-corrected chi connectivity index (χ0v) is 30.0. The highest BCUT2D eigenvalue weighted by Gasteiger charge is 2.20. The van der Waals surface area contributed by atoms with Crippen molar-refractivity contribution in [2.24, 2.45) is 0 Å². The molecule has 0 spiro atoms. The van der Waals surface area contributed by atoms with Gasteiger partial charge in [0.2, 0.25) is 0 Å². The van der Waals surface area contributed by atoms with Crippen LogP contribution in [-0.4, -0.2) is 0 Å². The normalized spacial score (nSPS) is 12.1. The van der Waals surface area contributed by atoms with Crippen LogP contribution in [-0.2, 0) is 0 Å². The van der Waals surface area contributed by atoms with Crippen LogP contribution < -0.4 is 0 Å². The summed E-state index contributed by atoms with van der Waals surface area (Å²) in [5, 5.41) is 14.9. The van der Waals surface area contributed by atoms with Crippen molar-refractivity contribution in [2.45, 2.75) is 0 Å². The van der Waals surface area contributed by atoms with Gasteiger partial charge in [0.15, 0.2) is 0 Å². The molecule has 2 heterocycles. The van der Waals surface area contributed by atoms with Gasteiger partial charge in [-0.25, -0.2) is 0 Å². The summed E-state index contributed by atoms with van der Waals surface area (Å²) in [5.74, 6) is 0.